The average molecular weight is 292 g/mol. The van der Waals surface area contributed by atoms with E-state index < -0.39 is 5.91 Å². The number of halogens is 1. The highest BCUT2D eigenvalue weighted by Crippen LogP contribution is 2.20. The molecule has 106 valence electrons. The van der Waals surface area contributed by atoms with Crippen LogP contribution in [0.5, 0.6) is 0 Å². The molecule has 0 aromatic heterocycles. The molecule has 1 aromatic rings. The number of unbranched alkanes of at least 4 members (excludes halogenated alkanes) is 1. The van der Waals surface area contributed by atoms with Gasteiger partial charge in [0.15, 0.2) is 0 Å². The van der Waals surface area contributed by atoms with Gasteiger partial charge in [0.2, 0.25) is 0 Å². The Morgan fingerprint density at radius 3 is 2.80 bits per heavy atom. The molecule has 1 aromatic carbocycles. The lowest BCUT2D eigenvalue weighted by Gasteiger charge is -2.14. The van der Waals surface area contributed by atoms with Crippen LogP contribution >= 0.6 is 11.6 Å². The largest absolute Gasteiger partial charge is 0.379 e. The molecule has 1 N–H and O–H groups in total. The van der Waals surface area contributed by atoms with Crippen molar-refractivity contribution in [1.29, 1.82) is 5.26 Å². The van der Waals surface area contributed by atoms with Gasteiger partial charge in [0.1, 0.15) is 11.6 Å². The topological polar surface area (TPSA) is 56.1 Å². The molecule has 0 spiro atoms. The number of anilines is 1. The molecule has 0 saturated carbocycles. The van der Waals surface area contributed by atoms with Gasteiger partial charge in [0, 0.05) is 19.8 Å². The fourth-order valence-corrected chi connectivity index (χ4v) is 1.77. The Balaban J connectivity index is 2.76. The number of benzene rings is 1. The summed E-state index contributed by atoms with van der Waals surface area (Å²) in [7, 11) is 1.84. The van der Waals surface area contributed by atoms with Gasteiger partial charge in [0.05, 0.1) is 10.7 Å². The van der Waals surface area contributed by atoms with Gasteiger partial charge in [-0.1, -0.05) is 37.1 Å². The number of nitrogens with zero attached hydrogens (tertiary/aromatic N) is 2. The van der Waals surface area contributed by atoms with E-state index in [1.165, 1.54) is 0 Å². The van der Waals surface area contributed by atoms with Crippen LogP contribution in [0.2, 0.25) is 5.02 Å². The molecule has 0 radical (unpaired) electrons. The van der Waals surface area contributed by atoms with Gasteiger partial charge in [-0.15, -0.1) is 0 Å². The third kappa shape index (κ3) is 4.94. The lowest BCUT2D eigenvalue weighted by molar-refractivity contribution is -0.112. The summed E-state index contributed by atoms with van der Waals surface area (Å²) in [5, 5.41) is 12.2. The van der Waals surface area contributed by atoms with Crippen molar-refractivity contribution in [2.45, 2.75) is 19.8 Å². The smallest absolute Gasteiger partial charge is 0.267 e. The molecule has 20 heavy (non-hydrogen) atoms. The van der Waals surface area contributed by atoms with Crippen LogP contribution in [0.15, 0.2) is 36.0 Å². The number of rotatable bonds is 6. The number of hydrogen-bond donors (Lipinski definition) is 1. The van der Waals surface area contributed by atoms with Crippen molar-refractivity contribution in [3.05, 3.63) is 41.1 Å². The Morgan fingerprint density at radius 1 is 1.50 bits per heavy atom. The zero-order valence-electron chi connectivity index (χ0n) is 11.7. The molecular weight excluding hydrogens is 274 g/mol. The molecule has 0 aliphatic carbocycles. The summed E-state index contributed by atoms with van der Waals surface area (Å²) in [6.07, 6.45) is 3.63. The predicted molar refractivity (Wildman–Crippen MR) is 81.3 cm³/mol. The van der Waals surface area contributed by atoms with E-state index in [1.807, 2.05) is 18.0 Å². The van der Waals surface area contributed by atoms with E-state index in [0.29, 0.717) is 10.7 Å². The quantitative estimate of drug-likeness (QED) is 0.645. The highest BCUT2D eigenvalue weighted by molar-refractivity contribution is 6.33. The van der Waals surface area contributed by atoms with E-state index in [4.69, 9.17) is 16.9 Å². The normalized spacial score (nSPS) is 10.8. The summed E-state index contributed by atoms with van der Waals surface area (Å²) in [6, 6.07) is 8.83. The van der Waals surface area contributed by atoms with E-state index in [9.17, 15) is 4.79 Å². The molecule has 1 rings (SSSR count). The third-order valence-corrected chi connectivity index (χ3v) is 3.03. The summed E-state index contributed by atoms with van der Waals surface area (Å²) in [5.74, 6) is -0.455. The maximum absolute atomic E-state index is 12.0. The Morgan fingerprint density at radius 2 is 2.20 bits per heavy atom. The maximum atomic E-state index is 12.0. The standard InChI is InChI=1S/C15H18ClN3O/c1-3-4-9-19(2)11-12(10-17)15(20)18-14-8-6-5-7-13(14)16/h5-8,11H,3-4,9H2,1-2H3,(H,18,20)/b12-11-. The summed E-state index contributed by atoms with van der Waals surface area (Å²) in [4.78, 5) is 13.9. The van der Waals surface area contributed by atoms with Crippen LogP contribution < -0.4 is 5.32 Å². The van der Waals surface area contributed by atoms with Crippen molar-refractivity contribution in [3.8, 4) is 6.07 Å². The molecule has 4 nitrogen and oxygen atoms in total. The lowest BCUT2D eigenvalue weighted by Crippen LogP contribution is -2.19. The number of nitrogens with one attached hydrogen (secondary N) is 1. The molecule has 0 atom stereocenters. The summed E-state index contributed by atoms with van der Waals surface area (Å²) in [6.45, 7) is 2.90. The summed E-state index contributed by atoms with van der Waals surface area (Å²) >= 11 is 5.96. The number of para-hydroxylation sites is 1. The number of amides is 1. The van der Waals surface area contributed by atoms with E-state index in [-0.39, 0.29) is 5.57 Å². The zero-order valence-corrected chi connectivity index (χ0v) is 12.4. The monoisotopic (exact) mass is 291 g/mol. The average Bonchev–Trinajstić information content (AvgIpc) is 2.44. The molecule has 0 saturated heterocycles. The maximum Gasteiger partial charge on any atom is 0.267 e. The molecular formula is C15H18ClN3O. The van der Waals surface area contributed by atoms with Crippen molar-refractivity contribution in [1.82, 2.24) is 4.90 Å². The highest BCUT2D eigenvalue weighted by Gasteiger charge is 2.11. The third-order valence-electron chi connectivity index (χ3n) is 2.70. The second-order valence-corrected chi connectivity index (χ2v) is 4.83. The minimum atomic E-state index is -0.455. The summed E-state index contributed by atoms with van der Waals surface area (Å²) in [5.41, 5.74) is 0.556. The molecule has 0 fully saturated rings. The number of hydrogen-bond acceptors (Lipinski definition) is 3. The van der Waals surface area contributed by atoms with Crippen molar-refractivity contribution >= 4 is 23.2 Å². The molecule has 0 unspecified atom stereocenters. The molecule has 1 amide bonds. The van der Waals surface area contributed by atoms with Crippen LogP contribution in [0, 0.1) is 11.3 Å². The minimum Gasteiger partial charge on any atom is -0.379 e. The molecule has 0 bridgehead atoms. The summed E-state index contributed by atoms with van der Waals surface area (Å²) < 4.78 is 0. The van der Waals surface area contributed by atoms with Gasteiger partial charge in [-0.3, -0.25) is 4.79 Å². The molecule has 0 aliphatic heterocycles. The van der Waals surface area contributed by atoms with Gasteiger partial charge in [-0.2, -0.15) is 5.26 Å². The Labute approximate surface area is 124 Å². The first-order valence-corrected chi connectivity index (χ1v) is 6.84. The van der Waals surface area contributed by atoms with Gasteiger partial charge >= 0.3 is 0 Å². The zero-order chi connectivity index (χ0) is 15.0. The van der Waals surface area contributed by atoms with Crippen LogP contribution in [0.1, 0.15) is 19.8 Å². The van der Waals surface area contributed by atoms with Gasteiger partial charge in [-0.05, 0) is 18.6 Å². The van der Waals surface area contributed by atoms with E-state index in [0.717, 1.165) is 19.4 Å². The van der Waals surface area contributed by atoms with E-state index >= 15 is 0 Å². The number of carbonyl (C=O) groups excluding carboxylic acids is 1. The fraction of sp³-hybridized carbons (Fsp3) is 0.333. The lowest BCUT2D eigenvalue weighted by atomic mass is 10.2. The van der Waals surface area contributed by atoms with Crippen molar-refractivity contribution in [2.75, 3.05) is 18.9 Å². The van der Waals surface area contributed by atoms with Crippen LogP contribution in [0.25, 0.3) is 0 Å². The van der Waals surface area contributed by atoms with Crippen LogP contribution in [-0.4, -0.2) is 24.4 Å². The van der Waals surface area contributed by atoms with Gasteiger partial charge < -0.3 is 10.2 Å². The first-order chi connectivity index (χ1) is 9.58. The second kappa shape index (κ2) is 8.23. The molecule has 5 heteroatoms. The highest BCUT2D eigenvalue weighted by atomic mass is 35.5. The van der Waals surface area contributed by atoms with Gasteiger partial charge in [0.25, 0.3) is 5.91 Å². The molecule has 0 heterocycles. The second-order valence-electron chi connectivity index (χ2n) is 4.42. The van der Waals surface area contributed by atoms with Crippen molar-refractivity contribution in [3.63, 3.8) is 0 Å². The number of nitriles is 1. The SMILES string of the molecule is CCCCN(C)/C=C(/C#N)C(=O)Nc1ccccc1Cl. The number of carbonyl (C=O) groups is 1. The van der Waals surface area contributed by atoms with Gasteiger partial charge in [-0.25, -0.2) is 0 Å². The Hall–Kier alpha value is -1.99. The van der Waals surface area contributed by atoms with Crippen molar-refractivity contribution in [2.24, 2.45) is 0 Å². The van der Waals surface area contributed by atoms with Crippen LogP contribution in [0.4, 0.5) is 5.69 Å². The van der Waals surface area contributed by atoms with Crippen LogP contribution in [0.3, 0.4) is 0 Å². The Bertz CT molecular complexity index is 534. The fourth-order valence-electron chi connectivity index (χ4n) is 1.58. The van der Waals surface area contributed by atoms with Crippen molar-refractivity contribution < 1.29 is 4.79 Å². The first-order valence-electron chi connectivity index (χ1n) is 6.46. The van der Waals surface area contributed by atoms with E-state index in [2.05, 4.69) is 12.2 Å². The minimum absolute atomic E-state index is 0.0588. The Kier molecular flexibility index (Phi) is 6.61. The van der Waals surface area contributed by atoms with Crippen LogP contribution in [-0.2, 0) is 4.79 Å². The molecule has 0 aliphatic rings. The predicted octanol–water partition coefficient (Wildman–Crippen LogP) is 3.42. The first kappa shape index (κ1) is 16.1. The van der Waals surface area contributed by atoms with E-state index in [1.54, 1.807) is 30.5 Å².